The third-order valence-corrected chi connectivity index (χ3v) is 5.68. The average Bonchev–Trinajstić information content (AvgIpc) is 3.38. The van der Waals surface area contributed by atoms with Gasteiger partial charge in [-0.1, -0.05) is 56.5 Å². The third-order valence-electron chi connectivity index (χ3n) is 5.68. The van der Waals surface area contributed by atoms with Crippen molar-refractivity contribution in [3.63, 3.8) is 0 Å². The summed E-state index contributed by atoms with van der Waals surface area (Å²) >= 11 is 0. The largest absolute Gasteiger partial charge is 0.451 e. The van der Waals surface area contributed by atoms with E-state index >= 15 is 0 Å². The summed E-state index contributed by atoms with van der Waals surface area (Å²) in [7, 11) is 0. The lowest BCUT2D eigenvalue weighted by Crippen LogP contribution is -2.47. The van der Waals surface area contributed by atoms with Crippen LogP contribution in [0.4, 0.5) is 0 Å². The Morgan fingerprint density at radius 2 is 1.97 bits per heavy atom. The molecule has 1 aromatic carbocycles. The number of amidine groups is 1. The second-order valence-corrected chi connectivity index (χ2v) is 8.02. The number of carbonyl (C=O) groups excluding carboxylic acids is 3. The molecule has 2 atom stereocenters. The van der Waals surface area contributed by atoms with E-state index in [0.29, 0.717) is 41.2 Å². The highest BCUT2D eigenvalue weighted by Gasteiger charge is 2.30. The van der Waals surface area contributed by atoms with Crippen LogP contribution in [0, 0.1) is 5.92 Å². The van der Waals surface area contributed by atoms with Gasteiger partial charge < -0.3 is 26.0 Å². The van der Waals surface area contributed by atoms with Crippen LogP contribution in [0.5, 0.6) is 0 Å². The van der Waals surface area contributed by atoms with Gasteiger partial charge in [0.25, 0.3) is 5.91 Å². The topological polar surface area (TPSA) is 170 Å². The van der Waals surface area contributed by atoms with Crippen LogP contribution in [0.3, 0.4) is 0 Å². The Bertz CT molecular complexity index is 1020. The molecule has 11 nitrogen and oxygen atoms in total. The van der Waals surface area contributed by atoms with E-state index < -0.39 is 17.9 Å². The number of rotatable bonds is 14. The second-order valence-electron chi connectivity index (χ2n) is 8.02. The molecule has 2 unspecified atom stereocenters. The molecule has 0 fully saturated rings. The number of oxime groups is 1. The number of hydrogen-bond acceptors (Lipinski definition) is 7. The molecular formula is C24H33N5O6. The Morgan fingerprint density at radius 3 is 2.63 bits per heavy atom. The van der Waals surface area contributed by atoms with E-state index in [1.807, 2.05) is 6.92 Å². The Labute approximate surface area is 203 Å². The van der Waals surface area contributed by atoms with Gasteiger partial charge in [0.05, 0.1) is 18.6 Å². The van der Waals surface area contributed by atoms with E-state index in [1.165, 1.54) is 6.07 Å². The number of hydrogen-bond donors (Lipinski definition) is 5. The molecule has 11 heteroatoms. The average molecular weight is 488 g/mol. The molecule has 0 radical (unpaired) electrons. The van der Waals surface area contributed by atoms with Gasteiger partial charge in [0.15, 0.2) is 11.6 Å². The molecule has 0 saturated heterocycles. The summed E-state index contributed by atoms with van der Waals surface area (Å²) in [5.41, 5.74) is 6.74. The summed E-state index contributed by atoms with van der Waals surface area (Å²) in [6, 6.07) is 9.24. The third kappa shape index (κ3) is 7.57. The minimum atomic E-state index is -0.659. The molecule has 6 N–H and O–H groups in total. The summed E-state index contributed by atoms with van der Waals surface area (Å²) in [6.45, 7) is 3.68. The maximum atomic E-state index is 12.8. The number of hydroxylamine groups is 2. The van der Waals surface area contributed by atoms with Gasteiger partial charge in [0.2, 0.25) is 12.3 Å². The fourth-order valence-electron chi connectivity index (χ4n) is 3.78. The molecule has 1 aromatic heterocycles. The molecule has 0 bridgehead atoms. The minimum absolute atomic E-state index is 0.0388. The summed E-state index contributed by atoms with van der Waals surface area (Å²) in [5.74, 6) is -1.12. The molecule has 3 amide bonds. The lowest BCUT2D eigenvalue weighted by Gasteiger charge is -2.29. The first-order valence-electron chi connectivity index (χ1n) is 11.5. The summed E-state index contributed by atoms with van der Waals surface area (Å²) in [5, 5.41) is 27.5. The maximum absolute atomic E-state index is 12.8. The highest BCUT2D eigenvalue weighted by atomic mass is 16.5. The van der Waals surface area contributed by atoms with Crippen molar-refractivity contribution in [3.05, 3.63) is 47.7 Å². The van der Waals surface area contributed by atoms with Crippen molar-refractivity contribution >= 4 is 24.1 Å². The number of nitrogens with two attached hydrogens (primary N) is 1. The SMILES string of the molecule is CCCCCC(C(=O)NCNC(=O)c1ccc(-c2cccc(/C(N)=N/O)c2)o1)C(CC)N(O)C=O. The molecule has 2 aromatic rings. The molecule has 0 aliphatic heterocycles. The number of benzene rings is 1. The van der Waals surface area contributed by atoms with Gasteiger partial charge in [0, 0.05) is 11.1 Å². The predicted molar refractivity (Wildman–Crippen MR) is 129 cm³/mol. The van der Waals surface area contributed by atoms with E-state index in [0.717, 1.165) is 19.3 Å². The van der Waals surface area contributed by atoms with Gasteiger partial charge in [-0.25, -0.2) is 5.06 Å². The van der Waals surface area contributed by atoms with Gasteiger partial charge in [-0.3, -0.25) is 19.6 Å². The Balaban J connectivity index is 2.00. The smallest absolute Gasteiger partial charge is 0.288 e. The fraction of sp³-hybridized carbons (Fsp3) is 0.417. The van der Waals surface area contributed by atoms with Crippen molar-refractivity contribution in [1.82, 2.24) is 15.7 Å². The van der Waals surface area contributed by atoms with E-state index in [2.05, 4.69) is 15.8 Å². The van der Waals surface area contributed by atoms with Crippen LogP contribution in [0.25, 0.3) is 11.3 Å². The number of unbranched alkanes of at least 4 members (excludes halogenated alkanes) is 2. The summed E-state index contributed by atoms with van der Waals surface area (Å²) in [6.07, 6.45) is 3.87. The van der Waals surface area contributed by atoms with Crippen molar-refractivity contribution in [2.75, 3.05) is 6.67 Å². The first kappa shape index (κ1) is 27.4. The standard InChI is InChI=1S/C24H33N5O6/c1-3-5-6-10-18(19(4-2)29(34)15-30)23(31)26-14-27-24(32)21-12-11-20(35-21)16-8-7-9-17(13-16)22(25)28-33/h7-9,11-13,15,18-19,33-34H,3-6,10,14H2,1-2H3,(H2,25,28)(H,26,31)(H,27,32). The molecular weight excluding hydrogens is 454 g/mol. The zero-order valence-corrected chi connectivity index (χ0v) is 19.9. The Hall–Kier alpha value is -3.86. The summed E-state index contributed by atoms with van der Waals surface area (Å²) < 4.78 is 5.63. The molecule has 2 rings (SSSR count). The number of nitrogens with one attached hydrogen (secondary N) is 2. The quantitative estimate of drug-likeness (QED) is 0.0398. The van der Waals surface area contributed by atoms with E-state index in [4.69, 9.17) is 15.4 Å². The maximum Gasteiger partial charge on any atom is 0.288 e. The van der Waals surface area contributed by atoms with Crippen molar-refractivity contribution in [2.24, 2.45) is 16.8 Å². The first-order valence-corrected chi connectivity index (χ1v) is 11.5. The normalized spacial score (nSPS) is 13.1. The fourth-order valence-corrected chi connectivity index (χ4v) is 3.78. The molecule has 0 saturated carbocycles. The molecule has 0 aliphatic rings. The van der Waals surface area contributed by atoms with Crippen molar-refractivity contribution in [3.8, 4) is 11.3 Å². The number of amides is 3. The first-order chi connectivity index (χ1) is 16.9. The molecule has 0 aliphatic carbocycles. The van der Waals surface area contributed by atoms with Crippen LogP contribution in [0.15, 0.2) is 46.0 Å². The molecule has 35 heavy (non-hydrogen) atoms. The highest BCUT2D eigenvalue weighted by molar-refractivity contribution is 5.98. The van der Waals surface area contributed by atoms with Gasteiger partial charge in [-0.15, -0.1) is 0 Å². The Morgan fingerprint density at radius 1 is 1.20 bits per heavy atom. The van der Waals surface area contributed by atoms with E-state index in [9.17, 15) is 19.6 Å². The van der Waals surface area contributed by atoms with Crippen LogP contribution < -0.4 is 16.4 Å². The molecule has 0 spiro atoms. The van der Waals surface area contributed by atoms with Gasteiger partial charge in [-0.2, -0.15) is 0 Å². The molecule has 190 valence electrons. The lowest BCUT2D eigenvalue weighted by atomic mass is 9.90. The zero-order valence-electron chi connectivity index (χ0n) is 19.9. The van der Waals surface area contributed by atoms with Crippen LogP contribution in [0.2, 0.25) is 0 Å². The second kappa shape index (κ2) is 13.8. The summed E-state index contributed by atoms with van der Waals surface area (Å²) in [4.78, 5) is 36.3. The van der Waals surface area contributed by atoms with Crippen molar-refractivity contribution in [2.45, 2.75) is 52.0 Å². The van der Waals surface area contributed by atoms with Crippen LogP contribution in [-0.4, -0.2) is 52.2 Å². The number of nitrogens with zero attached hydrogens (tertiary/aromatic N) is 2. The lowest BCUT2D eigenvalue weighted by molar-refractivity contribution is -0.168. The van der Waals surface area contributed by atoms with E-state index in [-0.39, 0.29) is 24.2 Å². The predicted octanol–water partition coefficient (Wildman–Crippen LogP) is 2.67. The zero-order chi connectivity index (χ0) is 25.8. The van der Waals surface area contributed by atoms with Gasteiger partial charge in [-0.05, 0) is 31.0 Å². The Kier molecular flexibility index (Phi) is 10.8. The van der Waals surface area contributed by atoms with Gasteiger partial charge in [0.1, 0.15) is 5.76 Å². The van der Waals surface area contributed by atoms with E-state index in [1.54, 1.807) is 37.3 Å². The van der Waals surface area contributed by atoms with Crippen LogP contribution >= 0.6 is 0 Å². The number of furan rings is 1. The van der Waals surface area contributed by atoms with Crippen molar-refractivity contribution < 1.29 is 29.2 Å². The monoisotopic (exact) mass is 487 g/mol. The van der Waals surface area contributed by atoms with Crippen LogP contribution in [-0.2, 0) is 9.59 Å². The van der Waals surface area contributed by atoms with Gasteiger partial charge >= 0.3 is 0 Å². The highest BCUT2D eigenvalue weighted by Crippen LogP contribution is 2.23. The molecule has 1 heterocycles. The minimum Gasteiger partial charge on any atom is -0.451 e. The van der Waals surface area contributed by atoms with Crippen LogP contribution in [0.1, 0.15) is 62.1 Å². The van der Waals surface area contributed by atoms with Crippen molar-refractivity contribution in [1.29, 1.82) is 0 Å². The number of carbonyl (C=O) groups is 3.